The molecule has 0 saturated carbocycles. The monoisotopic (exact) mass is 362 g/mol. The van der Waals surface area contributed by atoms with Gasteiger partial charge in [0, 0.05) is 19.0 Å². The molecule has 0 aromatic heterocycles. The summed E-state index contributed by atoms with van der Waals surface area (Å²) in [5.41, 5.74) is 8.32. The number of nitrogens with one attached hydrogen (secondary N) is 1. The average Bonchev–Trinajstić information content (AvgIpc) is 2.61. The van der Waals surface area contributed by atoms with Gasteiger partial charge in [-0.1, -0.05) is 60.7 Å². The maximum Gasteiger partial charge on any atom is 0.220 e. The van der Waals surface area contributed by atoms with Crippen LogP contribution in [0.5, 0.6) is 0 Å². The lowest BCUT2D eigenvalue weighted by molar-refractivity contribution is -0.121. The van der Waals surface area contributed by atoms with Gasteiger partial charge in [-0.05, 0) is 30.4 Å². The van der Waals surface area contributed by atoms with Crippen molar-refractivity contribution >= 4 is 18.3 Å². The Morgan fingerprint density at radius 2 is 1.56 bits per heavy atom. The first-order chi connectivity index (χ1) is 11.6. The van der Waals surface area contributed by atoms with Gasteiger partial charge in [0.1, 0.15) is 0 Å². The first-order valence-corrected chi connectivity index (χ1v) is 8.43. The van der Waals surface area contributed by atoms with Gasteiger partial charge in [-0.25, -0.2) is 0 Å². The van der Waals surface area contributed by atoms with E-state index < -0.39 is 6.10 Å². The van der Waals surface area contributed by atoms with E-state index in [4.69, 9.17) is 5.73 Å². The zero-order valence-corrected chi connectivity index (χ0v) is 15.1. The highest BCUT2D eigenvalue weighted by Gasteiger charge is 2.16. The molecule has 0 aliphatic rings. The largest absolute Gasteiger partial charge is 0.391 e. The number of hydrogen-bond donors (Lipinski definition) is 3. The van der Waals surface area contributed by atoms with Crippen LogP contribution in [0.1, 0.15) is 24.0 Å². The Bertz CT molecular complexity index is 608. The summed E-state index contributed by atoms with van der Waals surface area (Å²) in [6.45, 7) is 0.606. The number of nitrogens with two attached hydrogens (primary N) is 1. The Morgan fingerprint density at radius 3 is 2.16 bits per heavy atom. The third kappa shape index (κ3) is 8.16. The number of benzene rings is 2. The first-order valence-electron chi connectivity index (χ1n) is 8.43. The minimum atomic E-state index is -0.676. The Morgan fingerprint density at radius 1 is 1.00 bits per heavy atom. The van der Waals surface area contributed by atoms with Gasteiger partial charge in [0.05, 0.1) is 6.10 Å². The molecule has 0 spiro atoms. The predicted molar refractivity (Wildman–Crippen MR) is 104 cm³/mol. The molecule has 2 rings (SSSR count). The van der Waals surface area contributed by atoms with Gasteiger partial charge in [-0.3, -0.25) is 4.79 Å². The zero-order valence-electron chi connectivity index (χ0n) is 14.3. The summed E-state index contributed by atoms with van der Waals surface area (Å²) in [4.78, 5) is 11.9. The molecular weight excluding hydrogens is 336 g/mol. The number of halogens is 1. The van der Waals surface area contributed by atoms with Crippen molar-refractivity contribution in [2.75, 3.05) is 6.54 Å². The van der Waals surface area contributed by atoms with E-state index >= 15 is 0 Å². The fourth-order valence-electron chi connectivity index (χ4n) is 2.59. The SMILES string of the molecule is Cl.NC(Cc1ccccc1)C(O)CCC(=O)NCCc1ccccc1. The van der Waals surface area contributed by atoms with Crippen molar-refractivity contribution < 1.29 is 9.90 Å². The number of amides is 1. The summed E-state index contributed by atoms with van der Waals surface area (Å²) in [7, 11) is 0. The van der Waals surface area contributed by atoms with Crippen LogP contribution in [0.2, 0.25) is 0 Å². The molecule has 5 heteroatoms. The topological polar surface area (TPSA) is 75.3 Å². The molecule has 2 aromatic rings. The van der Waals surface area contributed by atoms with Gasteiger partial charge in [0.15, 0.2) is 0 Å². The Balaban J connectivity index is 0.00000312. The van der Waals surface area contributed by atoms with Crippen molar-refractivity contribution in [3.63, 3.8) is 0 Å². The highest BCUT2D eigenvalue weighted by molar-refractivity contribution is 5.85. The van der Waals surface area contributed by atoms with E-state index in [9.17, 15) is 9.90 Å². The fraction of sp³-hybridized carbons (Fsp3) is 0.350. The zero-order chi connectivity index (χ0) is 17.2. The average molecular weight is 363 g/mol. The van der Waals surface area contributed by atoms with E-state index in [0.29, 0.717) is 25.8 Å². The molecular formula is C20H27ClN2O2. The van der Waals surface area contributed by atoms with Gasteiger partial charge in [0.2, 0.25) is 5.91 Å². The van der Waals surface area contributed by atoms with Crippen molar-refractivity contribution in [3.8, 4) is 0 Å². The van der Waals surface area contributed by atoms with E-state index in [-0.39, 0.29) is 24.4 Å². The third-order valence-corrected chi connectivity index (χ3v) is 4.05. The molecule has 25 heavy (non-hydrogen) atoms. The lowest BCUT2D eigenvalue weighted by atomic mass is 9.99. The normalized spacial score (nSPS) is 12.7. The maximum absolute atomic E-state index is 11.9. The summed E-state index contributed by atoms with van der Waals surface area (Å²) in [5.74, 6) is -0.0445. The highest BCUT2D eigenvalue weighted by atomic mass is 35.5. The lowest BCUT2D eigenvalue weighted by Gasteiger charge is -2.18. The summed E-state index contributed by atoms with van der Waals surface area (Å²) in [5, 5.41) is 13.0. The molecule has 0 aliphatic carbocycles. The van der Waals surface area contributed by atoms with Crippen molar-refractivity contribution in [3.05, 3.63) is 71.8 Å². The molecule has 2 aromatic carbocycles. The van der Waals surface area contributed by atoms with E-state index in [2.05, 4.69) is 5.32 Å². The summed E-state index contributed by atoms with van der Waals surface area (Å²) in [6, 6.07) is 19.5. The molecule has 0 bridgehead atoms. The fourth-order valence-corrected chi connectivity index (χ4v) is 2.59. The molecule has 2 atom stereocenters. The molecule has 136 valence electrons. The third-order valence-electron chi connectivity index (χ3n) is 4.05. The number of hydrogen-bond acceptors (Lipinski definition) is 3. The van der Waals surface area contributed by atoms with E-state index in [1.807, 2.05) is 60.7 Å². The van der Waals surface area contributed by atoms with Crippen LogP contribution in [-0.4, -0.2) is 29.7 Å². The lowest BCUT2D eigenvalue weighted by Crippen LogP contribution is -2.37. The van der Waals surface area contributed by atoms with Crippen LogP contribution in [0.3, 0.4) is 0 Å². The van der Waals surface area contributed by atoms with Gasteiger partial charge in [-0.15, -0.1) is 12.4 Å². The van der Waals surface area contributed by atoms with Crippen molar-refractivity contribution in [1.29, 1.82) is 0 Å². The van der Waals surface area contributed by atoms with E-state index in [1.54, 1.807) is 0 Å². The molecule has 0 fully saturated rings. The van der Waals surface area contributed by atoms with Crippen LogP contribution in [0.25, 0.3) is 0 Å². The van der Waals surface area contributed by atoms with Crippen LogP contribution in [0, 0.1) is 0 Å². The molecule has 2 unspecified atom stereocenters. The summed E-state index contributed by atoms with van der Waals surface area (Å²) < 4.78 is 0. The quantitative estimate of drug-likeness (QED) is 0.641. The minimum Gasteiger partial charge on any atom is -0.391 e. The van der Waals surface area contributed by atoms with Crippen LogP contribution >= 0.6 is 12.4 Å². The molecule has 0 saturated heterocycles. The standard InChI is InChI=1S/C20H26N2O2.ClH/c21-18(15-17-9-5-2-6-10-17)19(23)11-12-20(24)22-14-13-16-7-3-1-4-8-16;/h1-10,18-19,23H,11-15,21H2,(H,22,24);1H. The van der Waals surface area contributed by atoms with Gasteiger partial charge in [0.25, 0.3) is 0 Å². The Labute approximate surface area is 155 Å². The number of rotatable bonds is 9. The van der Waals surface area contributed by atoms with Crippen LogP contribution in [-0.2, 0) is 17.6 Å². The second kappa shape index (κ2) is 11.6. The number of carbonyl (C=O) groups is 1. The minimum absolute atomic E-state index is 0. The molecule has 0 radical (unpaired) electrons. The van der Waals surface area contributed by atoms with E-state index in [0.717, 1.165) is 12.0 Å². The smallest absolute Gasteiger partial charge is 0.220 e. The summed E-state index contributed by atoms with van der Waals surface area (Å²) >= 11 is 0. The number of aliphatic hydroxyl groups excluding tert-OH is 1. The number of carbonyl (C=O) groups excluding carboxylic acids is 1. The van der Waals surface area contributed by atoms with Gasteiger partial charge < -0.3 is 16.2 Å². The maximum atomic E-state index is 11.9. The predicted octanol–water partition coefficient (Wildman–Crippen LogP) is 2.48. The molecule has 4 N–H and O–H groups in total. The molecule has 0 heterocycles. The Kier molecular flexibility index (Phi) is 9.85. The van der Waals surface area contributed by atoms with Gasteiger partial charge in [-0.2, -0.15) is 0 Å². The second-order valence-electron chi connectivity index (χ2n) is 6.05. The molecule has 4 nitrogen and oxygen atoms in total. The summed E-state index contributed by atoms with van der Waals surface area (Å²) in [6.07, 6.45) is 1.41. The van der Waals surface area contributed by atoms with Crippen LogP contribution < -0.4 is 11.1 Å². The molecule has 0 aliphatic heterocycles. The Hall–Kier alpha value is -1.88. The van der Waals surface area contributed by atoms with Crippen molar-refractivity contribution in [1.82, 2.24) is 5.32 Å². The van der Waals surface area contributed by atoms with Crippen LogP contribution in [0.15, 0.2) is 60.7 Å². The van der Waals surface area contributed by atoms with Crippen molar-refractivity contribution in [2.45, 2.75) is 37.8 Å². The highest BCUT2D eigenvalue weighted by Crippen LogP contribution is 2.08. The van der Waals surface area contributed by atoms with Gasteiger partial charge >= 0.3 is 0 Å². The van der Waals surface area contributed by atoms with Crippen molar-refractivity contribution in [2.24, 2.45) is 5.73 Å². The van der Waals surface area contributed by atoms with Crippen LogP contribution in [0.4, 0.5) is 0 Å². The molecule has 1 amide bonds. The second-order valence-corrected chi connectivity index (χ2v) is 6.05. The first kappa shape index (κ1) is 21.2. The number of aliphatic hydroxyl groups is 1. The van der Waals surface area contributed by atoms with E-state index in [1.165, 1.54) is 5.56 Å².